The summed E-state index contributed by atoms with van der Waals surface area (Å²) in [7, 11) is -7.30. The van der Waals surface area contributed by atoms with Gasteiger partial charge in [-0.05, 0) is 12.7 Å². The number of thioether (sulfide) groups is 1. The van der Waals surface area contributed by atoms with Gasteiger partial charge in [-0.25, -0.2) is 8.42 Å². The van der Waals surface area contributed by atoms with Gasteiger partial charge in [0, 0.05) is 6.07 Å². The minimum Gasteiger partial charge on any atom is -0.360 e. The Kier molecular flexibility index (Phi) is 4.67. The molecule has 18 heavy (non-hydrogen) atoms. The molecule has 7 nitrogen and oxygen atoms in total. The van der Waals surface area contributed by atoms with E-state index in [9.17, 15) is 16.8 Å². The third-order valence-electron chi connectivity index (χ3n) is 1.80. The highest BCUT2D eigenvalue weighted by Crippen LogP contribution is 2.23. The van der Waals surface area contributed by atoms with Crippen LogP contribution in [0.5, 0.6) is 5.88 Å². The van der Waals surface area contributed by atoms with E-state index < -0.39 is 20.1 Å². The molecule has 1 aromatic heterocycles. The molecule has 1 heterocycles. The molecule has 0 saturated carbocycles. The molecule has 0 N–H and O–H groups in total. The van der Waals surface area contributed by atoms with E-state index in [1.165, 1.54) is 6.07 Å². The van der Waals surface area contributed by atoms with Gasteiger partial charge in [0.25, 0.3) is 15.9 Å². The molecule has 0 atom stereocenters. The minimum absolute atomic E-state index is 0.0689. The van der Waals surface area contributed by atoms with Crippen molar-refractivity contribution >= 4 is 31.9 Å². The highest BCUT2D eigenvalue weighted by Gasteiger charge is 2.21. The Labute approximate surface area is 111 Å². The van der Waals surface area contributed by atoms with Gasteiger partial charge >= 0.3 is 10.1 Å². The van der Waals surface area contributed by atoms with Crippen molar-refractivity contribution in [2.75, 3.05) is 18.3 Å². The van der Waals surface area contributed by atoms with Crippen molar-refractivity contribution in [1.82, 2.24) is 9.19 Å². The lowest BCUT2D eigenvalue weighted by molar-refractivity contribution is 0.479. The van der Waals surface area contributed by atoms with Crippen LogP contribution in [0.3, 0.4) is 0 Å². The molecule has 10 heteroatoms. The second-order valence-corrected chi connectivity index (χ2v) is 7.79. The van der Waals surface area contributed by atoms with Crippen LogP contribution in [0, 0.1) is 0 Å². The quantitative estimate of drug-likeness (QED) is 0.558. The Morgan fingerprint density at radius 2 is 2.00 bits per heavy atom. The summed E-state index contributed by atoms with van der Waals surface area (Å²) in [5.74, 6) is -0.317. The normalized spacial score (nSPS) is 12.6. The SMILES string of the molecule is CCCS(=O)(=O)n1nc(OS(C)(=O)=O)cc1SC. The summed E-state index contributed by atoms with van der Waals surface area (Å²) in [5.41, 5.74) is 0. The van der Waals surface area contributed by atoms with Crippen molar-refractivity contribution in [3.8, 4) is 5.88 Å². The van der Waals surface area contributed by atoms with Crippen molar-refractivity contribution in [2.24, 2.45) is 0 Å². The first-order chi connectivity index (χ1) is 8.19. The van der Waals surface area contributed by atoms with Gasteiger partial charge in [-0.1, -0.05) is 6.92 Å². The third-order valence-corrected chi connectivity index (χ3v) is 4.82. The predicted molar refractivity (Wildman–Crippen MR) is 69.0 cm³/mol. The lowest BCUT2D eigenvalue weighted by atomic mass is 10.6. The lowest BCUT2D eigenvalue weighted by Gasteiger charge is -2.04. The molecule has 0 fully saturated rings. The Balaban J connectivity index is 3.21. The zero-order valence-electron chi connectivity index (χ0n) is 10.2. The van der Waals surface area contributed by atoms with Crippen LogP contribution in [-0.2, 0) is 20.1 Å². The van der Waals surface area contributed by atoms with Crippen molar-refractivity contribution in [1.29, 1.82) is 0 Å². The van der Waals surface area contributed by atoms with Crippen LogP contribution in [0.25, 0.3) is 0 Å². The Morgan fingerprint density at radius 1 is 1.39 bits per heavy atom. The standard InChI is InChI=1S/C8H14N2O5S3/c1-4-5-18(13,14)10-8(16-2)6-7(9-10)15-17(3,11)12/h6H,4-5H2,1-3H3. The van der Waals surface area contributed by atoms with Gasteiger partial charge in [0.2, 0.25) is 0 Å². The number of aromatic nitrogens is 2. The number of nitrogens with zero attached hydrogens (tertiary/aromatic N) is 2. The van der Waals surface area contributed by atoms with Crippen LogP contribution in [0.2, 0.25) is 0 Å². The smallest absolute Gasteiger partial charge is 0.307 e. The first kappa shape index (κ1) is 15.3. The monoisotopic (exact) mass is 314 g/mol. The number of rotatable bonds is 6. The molecule has 0 bridgehead atoms. The Bertz CT molecular complexity index is 617. The van der Waals surface area contributed by atoms with Crippen LogP contribution >= 0.6 is 11.8 Å². The zero-order chi connectivity index (χ0) is 14.0. The molecule has 0 amide bonds. The van der Waals surface area contributed by atoms with E-state index in [-0.39, 0.29) is 11.6 Å². The van der Waals surface area contributed by atoms with Gasteiger partial charge in [-0.3, -0.25) is 0 Å². The van der Waals surface area contributed by atoms with Crippen LogP contribution in [0.1, 0.15) is 13.3 Å². The lowest BCUT2D eigenvalue weighted by Crippen LogP contribution is -2.18. The first-order valence-electron chi connectivity index (χ1n) is 4.96. The van der Waals surface area contributed by atoms with E-state index in [4.69, 9.17) is 0 Å². The van der Waals surface area contributed by atoms with E-state index >= 15 is 0 Å². The second kappa shape index (κ2) is 5.49. The fourth-order valence-electron chi connectivity index (χ4n) is 1.21. The van der Waals surface area contributed by atoms with E-state index in [1.807, 2.05) is 0 Å². The van der Waals surface area contributed by atoms with Gasteiger partial charge in [0.1, 0.15) is 5.03 Å². The largest absolute Gasteiger partial charge is 0.360 e. The number of hydrogen-bond acceptors (Lipinski definition) is 7. The zero-order valence-corrected chi connectivity index (χ0v) is 12.6. The summed E-state index contributed by atoms with van der Waals surface area (Å²) in [5, 5.41) is 3.97. The fraction of sp³-hybridized carbons (Fsp3) is 0.625. The summed E-state index contributed by atoms with van der Waals surface area (Å²) in [6.07, 6.45) is 2.98. The molecular formula is C8H14N2O5S3. The fourth-order valence-corrected chi connectivity index (χ4v) is 3.80. The maximum atomic E-state index is 11.9. The van der Waals surface area contributed by atoms with Crippen molar-refractivity contribution in [2.45, 2.75) is 18.4 Å². The maximum absolute atomic E-state index is 11.9. The summed E-state index contributed by atoms with van der Waals surface area (Å²) in [6.45, 7) is 1.73. The summed E-state index contributed by atoms with van der Waals surface area (Å²) < 4.78 is 51.0. The highest BCUT2D eigenvalue weighted by atomic mass is 32.2. The molecule has 0 aromatic carbocycles. The summed E-state index contributed by atoms with van der Waals surface area (Å²) in [6, 6.07) is 1.28. The molecule has 1 rings (SSSR count). The van der Waals surface area contributed by atoms with Gasteiger partial charge in [-0.2, -0.15) is 8.42 Å². The van der Waals surface area contributed by atoms with Crippen LogP contribution in [0.15, 0.2) is 11.1 Å². The van der Waals surface area contributed by atoms with Gasteiger partial charge < -0.3 is 4.18 Å². The molecule has 0 spiro atoms. The number of hydrogen-bond donors (Lipinski definition) is 0. The third kappa shape index (κ3) is 3.89. The van der Waals surface area contributed by atoms with Crippen molar-refractivity contribution in [3.63, 3.8) is 0 Å². The van der Waals surface area contributed by atoms with Crippen molar-refractivity contribution < 1.29 is 21.0 Å². The van der Waals surface area contributed by atoms with Crippen LogP contribution in [0.4, 0.5) is 0 Å². The van der Waals surface area contributed by atoms with Gasteiger partial charge in [-0.15, -0.1) is 20.9 Å². The molecule has 1 aromatic rings. The summed E-state index contributed by atoms with van der Waals surface area (Å²) >= 11 is 1.14. The van der Waals surface area contributed by atoms with Gasteiger partial charge in [0.05, 0.1) is 12.0 Å². The molecule has 0 aliphatic carbocycles. The van der Waals surface area contributed by atoms with Crippen molar-refractivity contribution in [3.05, 3.63) is 6.07 Å². The predicted octanol–water partition coefficient (Wildman–Crippen LogP) is 0.531. The van der Waals surface area contributed by atoms with E-state index in [2.05, 4.69) is 9.28 Å². The summed E-state index contributed by atoms with van der Waals surface area (Å²) in [4.78, 5) is 0. The molecular weight excluding hydrogens is 300 g/mol. The highest BCUT2D eigenvalue weighted by molar-refractivity contribution is 7.99. The minimum atomic E-state index is -3.73. The topological polar surface area (TPSA) is 95.3 Å². The van der Waals surface area contributed by atoms with E-state index in [1.54, 1.807) is 13.2 Å². The molecule has 0 saturated heterocycles. The second-order valence-electron chi connectivity index (χ2n) is 3.47. The Morgan fingerprint density at radius 3 is 2.44 bits per heavy atom. The average Bonchev–Trinajstić information content (AvgIpc) is 2.58. The molecule has 0 radical (unpaired) electrons. The molecule has 0 aliphatic rings. The first-order valence-corrected chi connectivity index (χ1v) is 9.61. The molecule has 0 aliphatic heterocycles. The van der Waals surface area contributed by atoms with Crippen LogP contribution < -0.4 is 4.18 Å². The maximum Gasteiger partial charge on any atom is 0.307 e. The average molecular weight is 314 g/mol. The van der Waals surface area contributed by atoms with Gasteiger partial charge in [0.15, 0.2) is 0 Å². The van der Waals surface area contributed by atoms with E-state index in [0.29, 0.717) is 11.4 Å². The molecule has 104 valence electrons. The van der Waals surface area contributed by atoms with E-state index in [0.717, 1.165) is 22.1 Å². The Hall–Kier alpha value is -0.740. The molecule has 0 unspecified atom stereocenters. The van der Waals surface area contributed by atoms with Crippen LogP contribution in [-0.4, -0.2) is 44.3 Å².